The lowest BCUT2D eigenvalue weighted by atomic mass is 10.3. The van der Waals surface area contributed by atoms with Gasteiger partial charge in [0.15, 0.2) is 0 Å². The van der Waals surface area contributed by atoms with Gasteiger partial charge < -0.3 is 10.5 Å². The van der Waals surface area contributed by atoms with Gasteiger partial charge in [0.1, 0.15) is 0 Å². The summed E-state index contributed by atoms with van der Waals surface area (Å²) in [6.07, 6.45) is 0.814. The van der Waals surface area contributed by atoms with Gasteiger partial charge in [0.2, 0.25) is 0 Å². The Bertz CT molecular complexity index is 189. The topological polar surface area (TPSA) is 52.3 Å². The minimum Gasteiger partial charge on any atom is -0.466 e. The summed E-state index contributed by atoms with van der Waals surface area (Å²) in [7, 11) is 0. The van der Waals surface area contributed by atoms with E-state index in [1.54, 1.807) is 6.92 Å². The number of allylic oxidation sites excluding steroid dienone is 1. The summed E-state index contributed by atoms with van der Waals surface area (Å²) in [5.41, 5.74) is 6.02. The Labute approximate surface area is 66.2 Å². The fraction of sp³-hybridized carbons (Fsp3) is 0.625. The van der Waals surface area contributed by atoms with E-state index < -0.39 is 0 Å². The number of carbonyl (C=O) groups is 1. The first kappa shape index (κ1) is 8.11. The van der Waals surface area contributed by atoms with Gasteiger partial charge in [0, 0.05) is 11.6 Å². The first-order valence-electron chi connectivity index (χ1n) is 3.77. The lowest BCUT2D eigenvalue weighted by Gasteiger charge is -1.99. The minimum atomic E-state index is -0.135. The molecule has 0 aromatic rings. The molecule has 1 saturated carbocycles. The standard InChI is InChI=1S/C8H13NO2/c1-3-11-8(10)7-4-6(7)5(2)9/h6-7H,2-4,9H2,1H3. The molecule has 2 unspecified atom stereocenters. The van der Waals surface area contributed by atoms with Gasteiger partial charge in [-0.05, 0) is 13.3 Å². The average molecular weight is 155 g/mol. The van der Waals surface area contributed by atoms with Crippen molar-refractivity contribution >= 4 is 5.97 Å². The van der Waals surface area contributed by atoms with E-state index in [1.807, 2.05) is 0 Å². The molecule has 0 amide bonds. The van der Waals surface area contributed by atoms with Crippen LogP contribution in [-0.2, 0) is 9.53 Å². The highest BCUT2D eigenvalue weighted by Crippen LogP contribution is 2.42. The minimum absolute atomic E-state index is 0.00699. The summed E-state index contributed by atoms with van der Waals surface area (Å²) in [4.78, 5) is 11.0. The Kier molecular flexibility index (Phi) is 2.17. The fourth-order valence-corrected chi connectivity index (χ4v) is 1.11. The highest BCUT2D eigenvalue weighted by Gasteiger charge is 2.45. The molecule has 1 aliphatic rings. The highest BCUT2D eigenvalue weighted by molar-refractivity contribution is 5.76. The van der Waals surface area contributed by atoms with Gasteiger partial charge in [0.25, 0.3) is 0 Å². The lowest BCUT2D eigenvalue weighted by Crippen LogP contribution is -2.09. The zero-order valence-electron chi connectivity index (χ0n) is 6.67. The molecule has 2 atom stereocenters. The largest absolute Gasteiger partial charge is 0.466 e. The van der Waals surface area contributed by atoms with Gasteiger partial charge in [-0.15, -0.1) is 0 Å². The summed E-state index contributed by atoms with van der Waals surface area (Å²) in [6.45, 7) is 5.82. The third-order valence-electron chi connectivity index (χ3n) is 1.86. The predicted molar refractivity (Wildman–Crippen MR) is 41.6 cm³/mol. The van der Waals surface area contributed by atoms with Gasteiger partial charge in [-0.3, -0.25) is 4.79 Å². The third-order valence-corrected chi connectivity index (χ3v) is 1.86. The zero-order chi connectivity index (χ0) is 8.43. The van der Waals surface area contributed by atoms with Crippen LogP contribution in [0.4, 0.5) is 0 Å². The van der Waals surface area contributed by atoms with Gasteiger partial charge in [-0.25, -0.2) is 0 Å². The van der Waals surface area contributed by atoms with Gasteiger partial charge in [-0.2, -0.15) is 0 Å². The van der Waals surface area contributed by atoms with Crippen molar-refractivity contribution < 1.29 is 9.53 Å². The van der Waals surface area contributed by atoms with E-state index in [0.29, 0.717) is 12.3 Å². The van der Waals surface area contributed by atoms with Crippen molar-refractivity contribution in [1.29, 1.82) is 0 Å². The maximum atomic E-state index is 11.0. The van der Waals surface area contributed by atoms with Crippen molar-refractivity contribution in [1.82, 2.24) is 0 Å². The quantitative estimate of drug-likeness (QED) is 0.609. The smallest absolute Gasteiger partial charge is 0.309 e. The van der Waals surface area contributed by atoms with E-state index in [-0.39, 0.29) is 17.8 Å². The summed E-state index contributed by atoms with van der Waals surface area (Å²) >= 11 is 0. The number of nitrogens with two attached hydrogens (primary N) is 1. The van der Waals surface area contributed by atoms with E-state index in [1.165, 1.54) is 0 Å². The van der Waals surface area contributed by atoms with Crippen LogP contribution in [0, 0.1) is 11.8 Å². The van der Waals surface area contributed by atoms with E-state index in [2.05, 4.69) is 6.58 Å². The molecule has 1 aliphatic carbocycles. The molecule has 11 heavy (non-hydrogen) atoms. The number of rotatable bonds is 3. The number of hydrogen-bond donors (Lipinski definition) is 1. The summed E-state index contributed by atoms with van der Waals surface area (Å²) in [5, 5.41) is 0. The molecule has 2 N–H and O–H groups in total. The van der Waals surface area contributed by atoms with Crippen LogP contribution in [0.3, 0.4) is 0 Å². The Balaban J connectivity index is 2.32. The van der Waals surface area contributed by atoms with Crippen LogP contribution in [0.2, 0.25) is 0 Å². The summed E-state index contributed by atoms with van der Waals surface area (Å²) < 4.78 is 4.81. The van der Waals surface area contributed by atoms with E-state index in [9.17, 15) is 4.79 Å². The maximum absolute atomic E-state index is 11.0. The van der Waals surface area contributed by atoms with Crippen LogP contribution in [0.1, 0.15) is 13.3 Å². The van der Waals surface area contributed by atoms with Crippen LogP contribution < -0.4 is 5.73 Å². The average Bonchev–Trinajstić information content (AvgIpc) is 2.65. The lowest BCUT2D eigenvalue weighted by molar-refractivity contribution is -0.144. The predicted octanol–water partition coefficient (Wildman–Crippen LogP) is 0.658. The second-order valence-corrected chi connectivity index (χ2v) is 2.78. The van der Waals surface area contributed by atoms with E-state index in [4.69, 9.17) is 10.5 Å². The Morgan fingerprint density at radius 3 is 2.73 bits per heavy atom. The van der Waals surface area contributed by atoms with Crippen molar-refractivity contribution in [3.8, 4) is 0 Å². The second-order valence-electron chi connectivity index (χ2n) is 2.78. The Morgan fingerprint density at radius 2 is 2.36 bits per heavy atom. The number of carbonyl (C=O) groups excluding carboxylic acids is 1. The second kappa shape index (κ2) is 2.95. The molecule has 3 nitrogen and oxygen atoms in total. The highest BCUT2D eigenvalue weighted by atomic mass is 16.5. The van der Waals surface area contributed by atoms with Crippen molar-refractivity contribution in [3.05, 3.63) is 12.3 Å². The molecular weight excluding hydrogens is 142 g/mol. The normalized spacial score (nSPS) is 27.7. The zero-order valence-corrected chi connectivity index (χ0v) is 6.67. The van der Waals surface area contributed by atoms with Crippen LogP contribution in [-0.4, -0.2) is 12.6 Å². The van der Waals surface area contributed by atoms with Crippen LogP contribution in [0.25, 0.3) is 0 Å². The monoisotopic (exact) mass is 155 g/mol. The van der Waals surface area contributed by atoms with Gasteiger partial charge in [0.05, 0.1) is 12.5 Å². The van der Waals surface area contributed by atoms with Gasteiger partial charge in [-0.1, -0.05) is 6.58 Å². The molecule has 62 valence electrons. The maximum Gasteiger partial charge on any atom is 0.309 e. The van der Waals surface area contributed by atoms with Crippen molar-refractivity contribution in [2.45, 2.75) is 13.3 Å². The molecule has 0 aromatic heterocycles. The van der Waals surface area contributed by atoms with Crippen molar-refractivity contribution in [3.63, 3.8) is 0 Å². The van der Waals surface area contributed by atoms with Crippen LogP contribution in [0.15, 0.2) is 12.3 Å². The molecule has 0 aliphatic heterocycles. The van der Waals surface area contributed by atoms with Crippen molar-refractivity contribution in [2.24, 2.45) is 17.6 Å². The molecule has 1 fully saturated rings. The molecular formula is C8H13NO2. The Morgan fingerprint density at radius 1 is 1.73 bits per heavy atom. The summed E-state index contributed by atoms with van der Waals surface area (Å²) in [6, 6.07) is 0. The van der Waals surface area contributed by atoms with Crippen LogP contribution >= 0.6 is 0 Å². The number of esters is 1. The van der Waals surface area contributed by atoms with E-state index >= 15 is 0 Å². The van der Waals surface area contributed by atoms with Crippen LogP contribution in [0.5, 0.6) is 0 Å². The first-order valence-corrected chi connectivity index (χ1v) is 3.77. The van der Waals surface area contributed by atoms with Gasteiger partial charge >= 0.3 is 5.97 Å². The van der Waals surface area contributed by atoms with Crippen molar-refractivity contribution in [2.75, 3.05) is 6.61 Å². The molecule has 0 heterocycles. The third kappa shape index (κ3) is 1.73. The molecule has 0 aromatic carbocycles. The molecule has 0 radical (unpaired) electrons. The summed E-state index contributed by atoms with van der Waals surface area (Å²) in [5.74, 6) is 0.0330. The molecule has 0 bridgehead atoms. The number of ether oxygens (including phenoxy) is 1. The SMILES string of the molecule is C=C(N)C1CC1C(=O)OCC. The Hall–Kier alpha value is -0.990. The molecule has 3 heteroatoms. The molecule has 0 spiro atoms. The number of hydrogen-bond acceptors (Lipinski definition) is 3. The van der Waals surface area contributed by atoms with E-state index in [0.717, 1.165) is 6.42 Å². The molecule has 1 rings (SSSR count). The molecule has 0 saturated heterocycles. The fourth-order valence-electron chi connectivity index (χ4n) is 1.11. The first-order chi connectivity index (χ1) is 5.16.